The van der Waals surface area contributed by atoms with E-state index in [1.807, 2.05) is 71.6 Å². The first-order chi connectivity index (χ1) is 17.3. The molecule has 2 amide bonds. The highest BCUT2D eigenvalue weighted by Gasteiger charge is 2.40. The van der Waals surface area contributed by atoms with E-state index >= 15 is 0 Å². The summed E-state index contributed by atoms with van der Waals surface area (Å²) in [6, 6.07) is 23.2. The summed E-state index contributed by atoms with van der Waals surface area (Å²) in [7, 11) is 0. The largest absolute Gasteiger partial charge is 0.331 e. The molecule has 1 fully saturated rings. The molecule has 0 radical (unpaired) electrons. The molecule has 1 aliphatic heterocycles. The van der Waals surface area contributed by atoms with Crippen LogP contribution < -0.4 is 5.32 Å². The van der Waals surface area contributed by atoms with Gasteiger partial charge in [-0.1, -0.05) is 69.3 Å². The molecule has 2 unspecified atom stereocenters. The molecule has 6 heteroatoms. The molecule has 2 N–H and O–H groups in total. The Morgan fingerprint density at radius 2 is 1.78 bits per heavy atom. The molecule has 0 aliphatic carbocycles. The van der Waals surface area contributed by atoms with Gasteiger partial charge in [0, 0.05) is 17.6 Å². The van der Waals surface area contributed by atoms with Crippen molar-refractivity contribution in [3.05, 3.63) is 95.7 Å². The number of rotatable bonds is 4. The van der Waals surface area contributed by atoms with Crippen LogP contribution in [0, 0.1) is 5.92 Å². The third-order valence-electron chi connectivity index (χ3n) is 7.08. The number of carbonyl (C=O) groups is 2. The third kappa shape index (κ3) is 4.63. The van der Waals surface area contributed by atoms with Crippen LogP contribution in [0.3, 0.4) is 0 Å². The Morgan fingerprint density at radius 1 is 1.00 bits per heavy atom. The summed E-state index contributed by atoms with van der Waals surface area (Å²) >= 11 is 0. The second kappa shape index (κ2) is 9.61. The predicted octanol–water partition coefficient (Wildman–Crippen LogP) is 6.09. The lowest BCUT2D eigenvalue weighted by molar-refractivity contribution is -0.123. The van der Waals surface area contributed by atoms with Gasteiger partial charge in [-0.2, -0.15) is 5.10 Å². The fourth-order valence-corrected chi connectivity index (χ4v) is 5.17. The van der Waals surface area contributed by atoms with Gasteiger partial charge in [0.15, 0.2) is 0 Å². The van der Waals surface area contributed by atoms with Crippen molar-refractivity contribution in [3.63, 3.8) is 0 Å². The van der Waals surface area contributed by atoms with Crippen molar-refractivity contribution in [1.82, 2.24) is 15.1 Å². The van der Waals surface area contributed by atoms with E-state index in [1.165, 1.54) is 0 Å². The summed E-state index contributed by atoms with van der Waals surface area (Å²) in [6.07, 6.45) is 3.16. The molecular formula is C30H32N4O2. The van der Waals surface area contributed by atoms with Crippen LogP contribution in [-0.2, 0) is 10.2 Å². The minimum atomic E-state index is -0.369. The smallest absolute Gasteiger partial charge is 0.255 e. The fraction of sp³-hybridized carbons (Fsp3) is 0.300. The zero-order valence-corrected chi connectivity index (χ0v) is 21.0. The average molecular weight is 481 g/mol. The topological polar surface area (TPSA) is 78.1 Å². The van der Waals surface area contributed by atoms with E-state index in [0.717, 1.165) is 34.1 Å². The normalized spacial score (nSPS) is 18.2. The van der Waals surface area contributed by atoms with Crippen molar-refractivity contribution >= 4 is 28.4 Å². The van der Waals surface area contributed by atoms with Crippen LogP contribution in [0.2, 0.25) is 0 Å². The van der Waals surface area contributed by atoms with Gasteiger partial charge < -0.3 is 10.2 Å². The first-order valence-electron chi connectivity index (χ1n) is 12.5. The Hall–Kier alpha value is -3.93. The summed E-state index contributed by atoms with van der Waals surface area (Å²) in [5.74, 6) is -0.510. The number of carbonyl (C=O) groups excluding carboxylic acids is 2. The van der Waals surface area contributed by atoms with Crippen molar-refractivity contribution < 1.29 is 9.59 Å². The Balaban J connectivity index is 1.49. The SMILES string of the molecule is CC(C)(C)c1cccc(NC(=O)C2CCCN(C(=O)c3cccc4[nH]ncc34)C2c2ccccc2)c1. The predicted molar refractivity (Wildman–Crippen MR) is 143 cm³/mol. The number of piperidine rings is 1. The van der Waals surface area contributed by atoms with Gasteiger partial charge in [-0.3, -0.25) is 14.7 Å². The Bertz CT molecular complexity index is 1390. The number of nitrogens with one attached hydrogen (secondary N) is 2. The molecule has 0 saturated carbocycles. The van der Waals surface area contributed by atoms with Gasteiger partial charge in [0.1, 0.15) is 0 Å². The van der Waals surface area contributed by atoms with Gasteiger partial charge in [0.05, 0.1) is 29.2 Å². The number of benzene rings is 3. The maximum absolute atomic E-state index is 13.9. The molecule has 5 rings (SSSR count). The average Bonchev–Trinajstić information content (AvgIpc) is 3.37. The number of hydrogen-bond acceptors (Lipinski definition) is 3. The number of amides is 2. The van der Waals surface area contributed by atoms with Crippen LogP contribution in [0.15, 0.2) is 79.0 Å². The standard InChI is InChI=1S/C30H32N4O2/c1-30(2,3)21-12-7-13-22(18-21)32-28(35)24-15-9-17-34(27(24)20-10-5-4-6-11-20)29(36)23-14-8-16-26-25(23)19-31-33-26/h4-8,10-14,16,18-19,24,27H,9,15,17H2,1-3H3,(H,31,33)(H,32,35). The molecule has 4 aromatic rings. The van der Waals surface area contributed by atoms with Gasteiger partial charge in [-0.15, -0.1) is 0 Å². The number of aromatic nitrogens is 2. The molecule has 6 nitrogen and oxygen atoms in total. The van der Waals surface area contributed by atoms with Gasteiger partial charge in [-0.25, -0.2) is 0 Å². The molecule has 2 heterocycles. The molecule has 1 aliphatic rings. The first-order valence-corrected chi connectivity index (χ1v) is 12.5. The Labute approximate surface area is 211 Å². The Kier molecular flexibility index (Phi) is 6.35. The van der Waals surface area contributed by atoms with Crippen molar-refractivity contribution in [2.75, 3.05) is 11.9 Å². The Morgan fingerprint density at radius 3 is 2.56 bits per heavy atom. The van der Waals surface area contributed by atoms with E-state index in [-0.39, 0.29) is 29.2 Å². The molecular weight excluding hydrogens is 448 g/mol. The molecule has 3 aromatic carbocycles. The van der Waals surface area contributed by atoms with Crippen molar-refractivity contribution in [2.45, 2.75) is 45.1 Å². The van der Waals surface area contributed by atoms with Crippen LogP contribution in [0.4, 0.5) is 5.69 Å². The van der Waals surface area contributed by atoms with Gasteiger partial charge >= 0.3 is 0 Å². The maximum atomic E-state index is 13.9. The van der Waals surface area contributed by atoms with Crippen molar-refractivity contribution in [2.24, 2.45) is 5.92 Å². The van der Waals surface area contributed by atoms with Gasteiger partial charge in [-0.05, 0) is 53.6 Å². The number of likely N-dealkylation sites (tertiary alicyclic amines) is 1. The van der Waals surface area contributed by atoms with Gasteiger partial charge in [0.2, 0.25) is 5.91 Å². The third-order valence-corrected chi connectivity index (χ3v) is 7.08. The molecule has 1 saturated heterocycles. The summed E-state index contributed by atoms with van der Waals surface area (Å²) in [6.45, 7) is 7.07. The van der Waals surface area contributed by atoms with Crippen LogP contribution in [0.25, 0.3) is 10.9 Å². The van der Waals surface area contributed by atoms with Gasteiger partial charge in [0.25, 0.3) is 5.91 Å². The second-order valence-electron chi connectivity index (χ2n) is 10.6. The zero-order chi connectivity index (χ0) is 25.3. The van der Waals surface area contributed by atoms with Crippen LogP contribution in [-0.4, -0.2) is 33.5 Å². The van der Waals surface area contributed by atoms with Crippen molar-refractivity contribution in [1.29, 1.82) is 0 Å². The highest BCUT2D eigenvalue weighted by Crippen LogP contribution is 2.38. The monoisotopic (exact) mass is 480 g/mol. The lowest BCUT2D eigenvalue weighted by Crippen LogP contribution is -2.46. The van der Waals surface area contributed by atoms with E-state index in [4.69, 9.17) is 0 Å². The highest BCUT2D eigenvalue weighted by molar-refractivity contribution is 6.06. The number of fused-ring (bicyclic) bond motifs is 1. The van der Waals surface area contributed by atoms with E-state index in [2.05, 4.69) is 42.4 Å². The van der Waals surface area contributed by atoms with E-state index < -0.39 is 0 Å². The van der Waals surface area contributed by atoms with Crippen molar-refractivity contribution in [3.8, 4) is 0 Å². The summed E-state index contributed by atoms with van der Waals surface area (Å²) < 4.78 is 0. The fourth-order valence-electron chi connectivity index (χ4n) is 5.17. The highest BCUT2D eigenvalue weighted by atomic mass is 16.2. The molecule has 2 atom stereocenters. The summed E-state index contributed by atoms with van der Waals surface area (Å²) in [5, 5.41) is 11.0. The molecule has 1 aromatic heterocycles. The molecule has 184 valence electrons. The van der Waals surface area contributed by atoms with E-state index in [9.17, 15) is 9.59 Å². The van der Waals surface area contributed by atoms with E-state index in [0.29, 0.717) is 18.5 Å². The summed E-state index contributed by atoms with van der Waals surface area (Å²) in [5.41, 5.74) is 4.31. The molecule has 0 bridgehead atoms. The minimum Gasteiger partial charge on any atom is -0.331 e. The van der Waals surface area contributed by atoms with E-state index in [1.54, 1.807) is 6.20 Å². The minimum absolute atomic E-state index is 0.0184. The molecule has 0 spiro atoms. The number of anilines is 1. The maximum Gasteiger partial charge on any atom is 0.255 e. The lowest BCUT2D eigenvalue weighted by atomic mass is 9.83. The zero-order valence-electron chi connectivity index (χ0n) is 21.0. The molecule has 36 heavy (non-hydrogen) atoms. The number of H-pyrrole nitrogens is 1. The number of hydrogen-bond donors (Lipinski definition) is 2. The van der Waals surface area contributed by atoms with Crippen LogP contribution >= 0.6 is 0 Å². The lowest BCUT2D eigenvalue weighted by Gasteiger charge is -2.41. The number of aromatic amines is 1. The quantitative estimate of drug-likeness (QED) is 0.371. The summed E-state index contributed by atoms with van der Waals surface area (Å²) in [4.78, 5) is 29.5. The van der Waals surface area contributed by atoms with Crippen LogP contribution in [0.5, 0.6) is 0 Å². The first kappa shape index (κ1) is 23.8. The second-order valence-corrected chi connectivity index (χ2v) is 10.6. The van der Waals surface area contributed by atoms with Crippen LogP contribution in [0.1, 0.15) is 61.1 Å². The number of nitrogens with zero attached hydrogens (tertiary/aromatic N) is 2.